The van der Waals surface area contributed by atoms with Crippen molar-refractivity contribution in [3.05, 3.63) is 60.0 Å². The Bertz CT molecular complexity index is 1070. The molecule has 7 nitrogen and oxygen atoms in total. The van der Waals surface area contributed by atoms with Gasteiger partial charge in [-0.3, -0.25) is 0 Å². The van der Waals surface area contributed by atoms with Gasteiger partial charge >= 0.3 is 0 Å². The molecule has 2 heterocycles. The summed E-state index contributed by atoms with van der Waals surface area (Å²) in [5, 5.41) is 5.21. The molecule has 0 bridgehead atoms. The number of primary sulfonamides is 1. The minimum absolute atomic E-state index is 0.145. The van der Waals surface area contributed by atoms with Crippen molar-refractivity contribution >= 4 is 15.7 Å². The average Bonchev–Trinajstić information content (AvgIpc) is 3.28. The Kier molecular flexibility index (Phi) is 4.37. The van der Waals surface area contributed by atoms with E-state index in [0.29, 0.717) is 12.4 Å². The van der Waals surface area contributed by atoms with Crippen LogP contribution in [0.1, 0.15) is 11.3 Å². The van der Waals surface area contributed by atoms with Crippen molar-refractivity contribution < 1.29 is 17.6 Å². The zero-order chi connectivity index (χ0) is 19.0. The third-order valence-corrected chi connectivity index (χ3v) is 5.52. The number of methoxy groups -OCH3 is 1. The molecule has 0 fully saturated rings. The first-order chi connectivity index (χ1) is 12.9. The number of oxazole rings is 1. The van der Waals surface area contributed by atoms with Crippen molar-refractivity contribution in [3.63, 3.8) is 0 Å². The van der Waals surface area contributed by atoms with Crippen LogP contribution in [0.2, 0.25) is 0 Å². The van der Waals surface area contributed by atoms with Crippen LogP contribution >= 0.6 is 0 Å². The largest absolute Gasteiger partial charge is 0.497 e. The van der Waals surface area contributed by atoms with E-state index in [9.17, 15) is 8.42 Å². The molecule has 27 heavy (non-hydrogen) atoms. The Labute approximate surface area is 157 Å². The van der Waals surface area contributed by atoms with E-state index in [-0.39, 0.29) is 4.90 Å². The second-order valence-corrected chi connectivity index (χ2v) is 7.94. The maximum atomic E-state index is 11.5. The second-order valence-electron chi connectivity index (χ2n) is 6.38. The fraction of sp³-hybridized carbons (Fsp3) is 0.211. The molecular weight excluding hydrogens is 366 g/mol. The number of benzene rings is 2. The Hall–Kier alpha value is -2.84. The molecule has 3 aromatic rings. The first kappa shape index (κ1) is 17.6. The maximum absolute atomic E-state index is 11.5. The van der Waals surface area contributed by atoms with E-state index in [1.165, 1.54) is 6.07 Å². The molecule has 0 atom stereocenters. The van der Waals surface area contributed by atoms with Gasteiger partial charge in [0.1, 0.15) is 12.0 Å². The van der Waals surface area contributed by atoms with Crippen LogP contribution < -0.4 is 14.8 Å². The minimum Gasteiger partial charge on any atom is -0.497 e. The molecule has 140 valence electrons. The molecular formula is C19H19N3O4S. The summed E-state index contributed by atoms with van der Waals surface area (Å²) in [4.78, 5) is 6.86. The quantitative estimate of drug-likeness (QED) is 0.725. The molecule has 8 heteroatoms. The van der Waals surface area contributed by atoms with Gasteiger partial charge in [-0.25, -0.2) is 18.5 Å². The number of rotatable bonds is 5. The molecule has 0 unspecified atom stereocenters. The van der Waals surface area contributed by atoms with Crippen LogP contribution in [0.15, 0.2) is 58.0 Å². The van der Waals surface area contributed by atoms with Gasteiger partial charge in [-0.15, -0.1) is 0 Å². The normalized spacial score (nSPS) is 13.6. The van der Waals surface area contributed by atoms with Gasteiger partial charge in [0, 0.05) is 17.8 Å². The fourth-order valence-electron chi connectivity index (χ4n) is 3.23. The number of sulfonamides is 1. The van der Waals surface area contributed by atoms with Gasteiger partial charge in [0.15, 0.2) is 0 Å². The first-order valence-corrected chi connectivity index (χ1v) is 9.98. The van der Waals surface area contributed by atoms with Crippen molar-refractivity contribution in [1.82, 2.24) is 4.98 Å². The highest BCUT2D eigenvalue weighted by Crippen LogP contribution is 2.31. The smallest absolute Gasteiger partial charge is 0.238 e. The topological polar surface area (TPSA) is 98.7 Å². The number of nitrogens with zero attached hydrogens (tertiary/aromatic N) is 2. The van der Waals surface area contributed by atoms with Crippen LogP contribution in [-0.4, -0.2) is 27.1 Å². The SMILES string of the molecule is COc1ccc(-c2nc(CN3CCc4cc(S(N)(=O)=O)ccc43)co2)cc1. The molecule has 0 saturated carbocycles. The Morgan fingerprint density at radius 1 is 1.22 bits per heavy atom. The summed E-state index contributed by atoms with van der Waals surface area (Å²) >= 11 is 0. The van der Waals surface area contributed by atoms with Crippen molar-refractivity contribution in [2.45, 2.75) is 17.9 Å². The highest BCUT2D eigenvalue weighted by atomic mass is 32.2. The van der Waals surface area contributed by atoms with Crippen LogP contribution in [-0.2, 0) is 23.0 Å². The highest BCUT2D eigenvalue weighted by molar-refractivity contribution is 7.89. The van der Waals surface area contributed by atoms with Crippen LogP contribution in [0.5, 0.6) is 5.75 Å². The number of hydrogen-bond donors (Lipinski definition) is 1. The number of hydrogen-bond acceptors (Lipinski definition) is 6. The molecule has 0 saturated heterocycles. The van der Waals surface area contributed by atoms with E-state index in [0.717, 1.165) is 41.2 Å². The first-order valence-electron chi connectivity index (χ1n) is 8.43. The zero-order valence-corrected chi connectivity index (χ0v) is 15.6. The standard InChI is InChI=1S/C19H19N3O4S/c1-25-16-4-2-13(3-5-16)19-21-15(12-26-19)11-22-9-8-14-10-17(27(20,23)24)6-7-18(14)22/h2-7,10,12H,8-9,11H2,1H3,(H2,20,23,24). The number of aromatic nitrogens is 1. The van der Waals surface area contributed by atoms with Gasteiger partial charge in [-0.1, -0.05) is 0 Å². The minimum atomic E-state index is -3.69. The van der Waals surface area contributed by atoms with Gasteiger partial charge in [-0.05, 0) is 54.4 Å². The summed E-state index contributed by atoms with van der Waals surface area (Å²) < 4.78 is 33.8. The van der Waals surface area contributed by atoms with E-state index in [4.69, 9.17) is 14.3 Å². The van der Waals surface area contributed by atoms with Gasteiger partial charge in [0.05, 0.1) is 24.2 Å². The molecule has 2 N–H and O–H groups in total. The third-order valence-electron chi connectivity index (χ3n) is 4.61. The van der Waals surface area contributed by atoms with E-state index in [1.54, 1.807) is 25.5 Å². The average molecular weight is 385 g/mol. The lowest BCUT2D eigenvalue weighted by atomic mass is 10.2. The predicted octanol–water partition coefficient (Wildman–Crippen LogP) is 2.56. The van der Waals surface area contributed by atoms with E-state index in [1.807, 2.05) is 24.3 Å². The van der Waals surface area contributed by atoms with Crippen molar-refractivity contribution in [3.8, 4) is 17.2 Å². The van der Waals surface area contributed by atoms with E-state index >= 15 is 0 Å². The van der Waals surface area contributed by atoms with E-state index < -0.39 is 10.0 Å². The van der Waals surface area contributed by atoms with Crippen molar-refractivity contribution in [2.24, 2.45) is 5.14 Å². The van der Waals surface area contributed by atoms with Gasteiger partial charge in [0.25, 0.3) is 0 Å². The Morgan fingerprint density at radius 3 is 2.70 bits per heavy atom. The maximum Gasteiger partial charge on any atom is 0.238 e. The number of nitrogens with two attached hydrogens (primary N) is 1. The summed E-state index contributed by atoms with van der Waals surface area (Å²) in [5.41, 5.74) is 3.66. The van der Waals surface area contributed by atoms with Crippen LogP contribution in [0.25, 0.3) is 11.5 Å². The van der Waals surface area contributed by atoms with Crippen molar-refractivity contribution in [2.75, 3.05) is 18.6 Å². The van der Waals surface area contributed by atoms with Gasteiger partial charge < -0.3 is 14.1 Å². The van der Waals surface area contributed by atoms with Crippen LogP contribution in [0.3, 0.4) is 0 Å². The summed E-state index contributed by atoms with van der Waals surface area (Å²) in [6.45, 7) is 1.37. The summed E-state index contributed by atoms with van der Waals surface area (Å²) in [5.74, 6) is 1.33. The molecule has 0 radical (unpaired) electrons. The second kappa shape index (κ2) is 6.71. The summed E-state index contributed by atoms with van der Waals surface area (Å²) in [7, 11) is -2.06. The molecule has 4 rings (SSSR count). The predicted molar refractivity (Wildman–Crippen MR) is 101 cm³/mol. The molecule has 0 amide bonds. The van der Waals surface area contributed by atoms with Crippen LogP contribution in [0, 0.1) is 0 Å². The summed E-state index contributed by atoms with van der Waals surface area (Å²) in [6.07, 6.45) is 2.41. The third kappa shape index (κ3) is 3.54. The van der Waals surface area contributed by atoms with Gasteiger partial charge in [0.2, 0.25) is 15.9 Å². The lowest BCUT2D eigenvalue weighted by Crippen LogP contribution is -2.19. The molecule has 1 aliphatic rings. The highest BCUT2D eigenvalue weighted by Gasteiger charge is 2.22. The molecule has 1 aliphatic heterocycles. The molecule has 0 spiro atoms. The number of ether oxygens (including phenoxy) is 1. The molecule has 0 aliphatic carbocycles. The van der Waals surface area contributed by atoms with E-state index in [2.05, 4.69) is 9.88 Å². The Morgan fingerprint density at radius 2 is 2.00 bits per heavy atom. The monoisotopic (exact) mass is 385 g/mol. The van der Waals surface area contributed by atoms with Crippen molar-refractivity contribution in [1.29, 1.82) is 0 Å². The Balaban J connectivity index is 1.52. The number of anilines is 1. The lowest BCUT2D eigenvalue weighted by Gasteiger charge is -2.17. The molecule has 1 aromatic heterocycles. The zero-order valence-electron chi connectivity index (χ0n) is 14.8. The lowest BCUT2D eigenvalue weighted by molar-refractivity contribution is 0.415. The fourth-order valence-corrected chi connectivity index (χ4v) is 3.79. The van der Waals surface area contributed by atoms with Crippen LogP contribution in [0.4, 0.5) is 5.69 Å². The van der Waals surface area contributed by atoms with Gasteiger partial charge in [-0.2, -0.15) is 0 Å². The number of fused-ring (bicyclic) bond motifs is 1. The molecule has 2 aromatic carbocycles. The summed E-state index contributed by atoms with van der Waals surface area (Å²) in [6, 6.07) is 12.5.